The van der Waals surface area contributed by atoms with Crippen molar-refractivity contribution in [3.05, 3.63) is 34.4 Å². The second-order valence-corrected chi connectivity index (χ2v) is 9.35. The van der Waals surface area contributed by atoms with E-state index in [9.17, 15) is 9.59 Å². The van der Waals surface area contributed by atoms with Gasteiger partial charge in [-0.15, -0.1) is 0 Å². The maximum Gasteiger partial charge on any atom is 0.414 e. The van der Waals surface area contributed by atoms with Crippen LogP contribution in [0.4, 0.5) is 10.5 Å². The molecule has 0 aromatic heterocycles. The lowest BCUT2D eigenvalue weighted by Crippen LogP contribution is -2.39. The lowest BCUT2D eigenvalue weighted by atomic mass is 9.93. The van der Waals surface area contributed by atoms with E-state index in [0.717, 1.165) is 41.8 Å². The topological polar surface area (TPSA) is 58.6 Å². The minimum absolute atomic E-state index is 0.0341. The summed E-state index contributed by atoms with van der Waals surface area (Å²) in [5, 5.41) is 3.44. The first kappa shape index (κ1) is 18.4. The molecular weight excluding hydrogens is 364 g/mol. The number of nitrogens with zero attached hydrogens (tertiary/aromatic N) is 1. The molecule has 2 amide bonds. The molecule has 1 atom stereocenters. The second kappa shape index (κ2) is 5.99. The van der Waals surface area contributed by atoms with E-state index < -0.39 is 11.0 Å². The van der Waals surface area contributed by atoms with Gasteiger partial charge in [0.15, 0.2) is 0 Å². The van der Waals surface area contributed by atoms with Crippen molar-refractivity contribution < 1.29 is 14.3 Å². The summed E-state index contributed by atoms with van der Waals surface area (Å²) in [6, 6.07) is 3.85. The fraction of sp³-hybridized carbons (Fsp3) is 0.524. The van der Waals surface area contributed by atoms with Gasteiger partial charge >= 0.3 is 6.09 Å². The molecule has 0 radical (unpaired) electrons. The first-order valence-electron chi connectivity index (χ1n) is 9.47. The molecule has 6 heteroatoms. The van der Waals surface area contributed by atoms with Gasteiger partial charge in [0.25, 0.3) is 0 Å². The van der Waals surface area contributed by atoms with Gasteiger partial charge in [-0.3, -0.25) is 9.69 Å². The van der Waals surface area contributed by atoms with Gasteiger partial charge in [-0.05, 0) is 69.2 Å². The van der Waals surface area contributed by atoms with Crippen LogP contribution in [-0.2, 0) is 14.9 Å². The predicted molar refractivity (Wildman–Crippen MR) is 106 cm³/mol. The van der Waals surface area contributed by atoms with Gasteiger partial charge in [0, 0.05) is 6.54 Å². The van der Waals surface area contributed by atoms with Gasteiger partial charge in [-0.25, -0.2) is 4.79 Å². The summed E-state index contributed by atoms with van der Waals surface area (Å²) in [6.07, 6.45) is 4.29. The number of hydrogen-bond donors (Lipinski definition) is 1. The van der Waals surface area contributed by atoms with Crippen LogP contribution in [0.15, 0.2) is 18.2 Å². The minimum atomic E-state index is -0.563. The Labute approximate surface area is 164 Å². The van der Waals surface area contributed by atoms with Gasteiger partial charge in [0.05, 0.1) is 21.8 Å². The molecule has 4 rings (SSSR count). The van der Waals surface area contributed by atoms with Crippen LogP contribution >= 0.6 is 11.6 Å². The highest BCUT2D eigenvalue weighted by Gasteiger charge is 2.56. The number of allylic oxidation sites excluding steroid dienone is 1. The zero-order valence-corrected chi connectivity index (χ0v) is 16.9. The number of carbonyl (C=O) groups is 2. The molecule has 1 fully saturated rings. The minimum Gasteiger partial charge on any atom is -0.443 e. The van der Waals surface area contributed by atoms with Crippen molar-refractivity contribution in [2.75, 3.05) is 11.9 Å². The number of carbonyl (C=O) groups excluding carboxylic acids is 2. The number of anilines is 1. The fourth-order valence-electron chi connectivity index (χ4n) is 3.91. The van der Waals surface area contributed by atoms with Crippen molar-refractivity contribution in [3.8, 4) is 0 Å². The molecule has 2 aliphatic heterocycles. The van der Waals surface area contributed by atoms with E-state index in [0.29, 0.717) is 17.5 Å². The number of benzene rings is 1. The highest BCUT2D eigenvalue weighted by Crippen LogP contribution is 2.57. The van der Waals surface area contributed by atoms with E-state index in [2.05, 4.69) is 18.3 Å². The molecule has 0 bridgehead atoms. The van der Waals surface area contributed by atoms with Crippen LogP contribution in [0.3, 0.4) is 0 Å². The molecule has 1 N–H and O–H groups in total. The quantitative estimate of drug-likeness (QED) is 0.741. The molecule has 5 nitrogen and oxygen atoms in total. The lowest BCUT2D eigenvalue weighted by Gasteiger charge is -2.34. The molecule has 1 aromatic carbocycles. The largest absolute Gasteiger partial charge is 0.443 e. The number of nitrogens with one attached hydrogen (secondary N) is 1. The van der Waals surface area contributed by atoms with Crippen LogP contribution in [0, 0.1) is 5.92 Å². The average molecular weight is 389 g/mol. The molecule has 0 saturated heterocycles. The molecule has 1 aromatic rings. The van der Waals surface area contributed by atoms with Gasteiger partial charge in [-0.2, -0.15) is 0 Å². The summed E-state index contributed by atoms with van der Waals surface area (Å²) in [4.78, 5) is 26.9. The Morgan fingerprint density at radius 2 is 2.04 bits per heavy atom. The van der Waals surface area contributed by atoms with Crippen molar-refractivity contribution in [2.24, 2.45) is 5.92 Å². The third kappa shape index (κ3) is 3.12. The first-order valence-corrected chi connectivity index (χ1v) is 9.85. The molecule has 1 aliphatic carbocycles. The average Bonchev–Trinajstić information content (AvgIpc) is 3.31. The normalized spacial score (nSPS) is 23.0. The Bertz CT molecular complexity index is 865. The maximum atomic E-state index is 12.8. The number of fused-ring (bicyclic) bond motifs is 2. The number of halogens is 1. The van der Waals surface area contributed by atoms with Crippen molar-refractivity contribution in [1.82, 2.24) is 4.90 Å². The molecular formula is C21H25ClN2O3. The molecule has 1 spiro atoms. The van der Waals surface area contributed by atoms with Crippen LogP contribution in [-0.4, -0.2) is 29.0 Å². The molecule has 1 saturated carbocycles. The van der Waals surface area contributed by atoms with Crippen molar-refractivity contribution >= 4 is 35.0 Å². The standard InChI is InChI=1S/C21H25ClN2O3/c1-12-5-6-16(24(11-12)19(26)27-20(2,3)4)13-9-14-17(15(22)10-13)23-18(25)21(14)7-8-21/h6,9-10,12H,5,7-8,11H2,1-4H3,(H,23,25). The van der Waals surface area contributed by atoms with Gasteiger partial charge in [0.1, 0.15) is 5.60 Å². The van der Waals surface area contributed by atoms with E-state index in [1.54, 1.807) is 4.90 Å². The fourth-order valence-corrected chi connectivity index (χ4v) is 4.17. The molecule has 3 aliphatic rings. The zero-order chi connectivity index (χ0) is 19.6. The van der Waals surface area contributed by atoms with E-state index in [4.69, 9.17) is 16.3 Å². The van der Waals surface area contributed by atoms with E-state index in [1.165, 1.54) is 0 Å². The summed E-state index contributed by atoms with van der Waals surface area (Å²) >= 11 is 6.50. The monoisotopic (exact) mass is 388 g/mol. The highest BCUT2D eigenvalue weighted by atomic mass is 35.5. The smallest absolute Gasteiger partial charge is 0.414 e. The Kier molecular flexibility index (Phi) is 4.08. The molecule has 144 valence electrons. The van der Waals surface area contributed by atoms with Crippen molar-refractivity contribution in [1.29, 1.82) is 0 Å². The highest BCUT2D eigenvalue weighted by molar-refractivity contribution is 6.35. The predicted octanol–water partition coefficient (Wildman–Crippen LogP) is 4.94. The molecule has 27 heavy (non-hydrogen) atoms. The van der Waals surface area contributed by atoms with Crippen molar-refractivity contribution in [3.63, 3.8) is 0 Å². The summed E-state index contributed by atoms with van der Waals surface area (Å²) < 4.78 is 5.62. The van der Waals surface area contributed by atoms with Crippen molar-refractivity contribution in [2.45, 2.75) is 58.0 Å². The molecule has 2 heterocycles. The van der Waals surface area contributed by atoms with Gasteiger partial charge < -0.3 is 10.1 Å². The Morgan fingerprint density at radius 1 is 1.33 bits per heavy atom. The second-order valence-electron chi connectivity index (χ2n) is 8.94. The van der Waals surface area contributed by atoms with Crippen LogP contribution in [0.2, 0.25) is 5.02 Å². The zero-order valence-electron chi connectivity index (χ0n) is 16.2. The van der Waals surface area contributed by atoms with Gasteiger partial charge in [-0.1, -0.05) is 24.6 Å². The number of hydrogen-bond acceptors (Lipinski definition) is 3. The van der Waals surface area contributed by atoms with Crippen LogP contribution in [0.1, 0.15) is 58.1 Å². The Morgan fingerprint density at radius 3 is 2.67 bits per heavy atom. The summed E-state index contributed by atoms with van der Waals surface area (Å²) in [7, 11) is 0. The third-order valence-corrected chi connectivity index (χ3v) is 5.74. The van der Waals surface area contributed by atoms with Crippen LogP contribution < -0.4 is 5.32 Å². The lowest BCUT2D eigenvalue weighted by molar-refractivity contribution is -0.117. The Hall–Kier alpha value is -2.01. The van der Waals surface area contributed by atoms with E-state index >= 15 is 0 Å². The number of ether oxygens (including phenoxy) is 1. The SMILES string of the molecule is CC1CC=C(c2cc(Cl)c3c(c2)C2(CC2)C(=O)N3)N(C(=O)OC(C)(C)C)C1. The summed E-state index contributed by atoms with van der Waals surface area (Å²) in [5.41, 5.74) is 2.36. The van der Waals surface area contributed by atoms with Crippen LogP contribution in [0.5, 0.6) is 0 Å². The Balaban J connectivity index is 1.73. The van der Waals surface area contributed by atoms with Crippen LogP contribution in [0.25, 0.3) is 5.70 Å². The first-order chi connectivity index (χ1) is 12.6. The summed E-state index contributed by atoms with van der Waals surface area (Å²) in [5.74, 6) is 0.385. The molecule has 1 unspecified atom stereocenters. The third-order valence-electron chi connectivity index (χ3n) is 5.44. The van der Waals surface area contributed by atoms with E-state index in [-0.39, 0.29) is 12.0 Å². The van der Waals surface area contributed by atoms with Gasteiger partial charge in [0.2, 0.25) is 5.91 Å². The number of amides is 2. The van der Waals surface area contributed by atoms with E-state index in [1.807, 2.05) is 32.9 Å². The maximum absolute atomic E-state index is 12.8. The number of rotatable bonds is 1. The summed E-state index contributed by atoms with van der Waals surface area (Å²) in [6.45, 7) is 8.30.